The van der Waals surface area contributed by atoms with Crippen LogP contribution < -0.4 is 5.56 Å². The number of carbonyl (C=O) groups excluding carboxylic acids is 1. The highest BCUT2D eigenvalue weighted by Crippen LogP contribution is 2.21. The Hall–Kier alpha value is -3.19. The van der Waals surface area contributed by atoms with E-state index in [9.17, 15) is 14.0 Å². The number of ketones is 1. The van der Waals surface area contributed by atoms with Gasteiger partial charge in [0.15, 0.2) is 10.9 Å². The van der Waals surface area contributed by atoms with Gasteiger partial charge in [0.05, 0.1) is 5.39 Å². The van der Waals surface area contributed by atoms with Crippen LogP contribution in [0, 0.1) is 12.7 Å². The molecule has 0 radical (unpaired) electrons. The van der Waals surface area contributed by atoms with Crippen LogP contribution in [0.5, 0.6) is 0 Å². The molecule has 4 aromatic rings. The van der Waals surface area contributed by atoms with Gasteiger partial charge in [-0.2, -0.15) is 0 Å². The highest BCUT2D eigenvalue weighted by atomic mass is 32.2. The molecule has 5 nitrogen and oxygen atoms in total. The molecule has 0 amide bonds. The Bertz CT molecular complexity index is 1310. The summed E-state index contributed by atoms with van der Waals surface area (Å²) in [5.41, 5.74) is 3.45. The Kier molecular flexibility index (Phi) is 5.30. The molecule has 0 aliphatic carbocycles. The second kappa shape index (κ2) is 7.91. The number of carbonyl (C=O) groups is 1. The van der Waals surface area contributed by atoms with Gasteiger partial charge < -0.3 is 4.57 Å². The SMILES string of the molecule is CSc1nc2c(c(C)cn2Cc2ccc(C(=O)c3ccc(F)cc3)cc2)c(=O)n1C. The normalized spacial score (nSPS) is 11.2. The predicted octanol–water partition coefficient (Wildman–Crippen LogP) is 4.18. The van der Waals surface area contributed by atoms with E-state index in [1.165, 1.54) is 36.0 Å². The summed E-state index contributed by atoms with van der Waals surface area (Å²) in [6.07, 6.45) is 3.82. The third-order valence-corrected chi connectivity index (χ3v) is 5.83. The number of nitrogens with zero attached hydrogens (tertiary/aromatic N) is 3. The van der Waals surface area contributed by atoms with E-state index in [1.807, 2.05) is 36.1 Å². The number of benzene rings is 2. The minimum atomic E-state index is -0.371. The number of halogens is 1. The largest absolute Gasteiger partial charge is 0.328 e. The maximum Gasteiger partial charge on any atom is 0.263 e. The zero-order valence-corrected chi connectivity index (χ0v) is 17.7. The molecule has 7 heteroatoms. The molecule has 0 N–H and O–H groups in total. The van der Waals surface area contributed by atoms with Gasteiger partial charge in [0.1, 0.15) is 11.5 Å². The van der Waals surface area contributed by atoms with E-state index in [4.69, 9.17) is 0 Å². The van der Waals surface area contributed by atoms with E-state index in [2.05, 4.69) is 4.98 Å². The van der Waals surface area contributed by atoms with Crippen molar-refractivity contribution in [3.63, 3.8) is 0 Å². The third-order valence-electron chi connectivity index (χ3n) is 5.10. The Morgan fingerprint density at radius 1 is 1.07 bits per heavy atom. The van der Waals surface area contributed by atoms with Gasteiger partial charge in [-0.05, 0) is 48.6 Å². The Labute approximate surface area is 177 Å². The van der Waals surface area contributed by atoms with Gasteiger partial charge in [0, 0.05) is 30.9 Å². The maximum atomic E-state index is 13.1. The van der Waals surface area contributed by atoms with E-state index in [0.717, 1.165) is 11.1 Å². The molecule has 0 saturated carbocycles. The van der Waals surface area contributed by atoms with E-state index in [0.29, 0.717) is 33.9 Å². The van der Waals surface area contributed by atoms with Crippen LogP contribution in [0.4, 0.5) is 4.39 Å². The predicted molar refractivity (Wildman–Crippen MR) is 117 cm³/mol. The summed E-state index contributed by atoms with van der Waals surface area (Å²) < 4.78 is 16.6. The molecule has 2 heterocycles. The maximum absolute atomic E-state index is 13.1. The molecule has 0 unspecified atom stereocenters. The summed E-state index contributed by atoms with van der Waals surface area (Å²) in [6.45, 7) is 2.44. The van der Waals surface area contributed by atoms with Gasteiger partial charge in [0.2, 0.25) is 0 Å². The van der Waals surface area contributed by atoms with Crippen molar-refractivity contribution in [2.45, 2.75) is 18.6 Å². The van der Waals surface area contributed by atoms with Crippen LogP contribution in [-0.4, -0.2) is 26.2 Å². The Morgan fingerprint density at radius 3 is 2.27 bits per heavy atom. The van der Waals surface area contributed by atoms with Crippen LogP contribution in [0.1, 0.15) is 27.0 Å². The molecular weight excluding hydrogens is 401 g/mol. The Balaban J connectivity index is 1.64. The van der Waals surface area contributed by atoms with E-state index < -0.39 is 0 Å². The Morgan fingerprint density at radius 2 is 1.67 bits per heavy atom. The first-order valence-electron chi connectivity index (χ1n) is 9.38. The number of hydrogen-bond acceptors (Lipinski definition) is 4. The summed E-state index contributed by atoms with van der Waals surface area (Å²) in [4.78, 5) is 29.9. The fraction of sp³-hybridized carbons (Fsp3) is 0.174. The molecule has 0 bridgehead atoms. The monoisotopic (exact) mass is 421 g/mol. The van der Waals surface area contributed by atoms with Gasteiger partial charge in [-0.15, -0.1) is 0 Å². The molecule has 0 atom stereocenters. The first-order chi connectivity index (χ1) is 14.4. The minimum Gasteiger partial charge on any atom is -0.328 e. The molecule has 0 aliphatic heterocycles. The van der Waals surface area contributed by atoms with Crippen LogP contribution >= 0.6 is 11.8 Å². The van der Waals surface area contributed by atoms with Crippen LogP contribution in [0.15, 0.2) is 64.7 Å². The highest BCUT2D eigenvalue weighted by Gasteiger charge is 2.15. The van der Waals surface area contributed by atoms with Crippen molar-refractivity contribution in [3.05, 3.63) is 93.2 Å². The van der Waals surface area contributed by atoms with Crippen LogP contribution in [0.2, 0.25) is 0 Å². The third kappa shape index (κ3) is 3.57. The van der Waals surface area contributed by atoms with Crippen molar-refractivity contribution in [2.75, 3.05) is 6.26 Å². The molecule has 0 spiro atoms. The molecule has 0 fully saturated rings. The fourth-order valence-corrected chi connectivity index (χ4v) is 4.05. The van der Waals surface area contributed by atoms with Gasteiger partial charge in [-0.1, -0.05) is 36.0 Å². The summed E-state index contributed by atoms with van der Waals surface area (Å²) in [6, 6.07) is 12.8. The minimum absolute atomic E-state index is 0.0548. The first kappa shape index (κ1) is 20.1. The summed E-state index contributed by atoms with van der Waals surface area (Å²) >= 11 is 1.43. The van der Waals surface area contributed by atoms with Crippen LogP contribution in [0.25, 0.3) is 11.0 Å². The van der Waals surface area contributed by atoms with Gasteiger partial charge in [-0.3, -0.25) is 14.2 Å². The lowest BCUT2D eigenvalue weighted by atomic mass is 10.0. The fourth-order valence-electron chi connectivity index (χ4n) is 3.51. The quantitative estimate of drug-likeness (QED) is 0.276. The molecule has 0 aliphatic rings. The highest BCUT2D eigenvalue weighted by molar-refractivity contribution is 7.98. The second-order valence-corrected chi connectivity index (χ2v) is 7.91. The number of thioether (sulfide) groups is 1. The molecule has 152 valence electrons. The van der Waals surface area contributed by atoms with Gasteiger partial charge in [0.25, 0.3) is 5.56 Å². The van der Waals surface area contributed by atoms with E-state index in [1.54, 1.807) is 23.7 Å². The second-order valence-electron chi connectivity index (χ2n) is 7.13. The first-order valence-corrected chi connectivity index (χ1v) is 10.6. The van der Waals surface area contributed by atoms with Crippen LogP contribution in [-0.2, 0) is 13.6 Å². The summed E-state index contributed by atoms with van der Waals surface area (Å²) in [5, 5.41) is 1.28. The summed E-state index contributed by atoms with van der Waals surface area (Å²) in [7, 11) is 1.73. The van der Waals surface area contributed by atoms with E-state index in [-0.39, 0.29) is 17.2 Å². The average Bonchev–Trinajstić information content (AvgIpc) is 3.06. The molecular formula is C23H20FN3O2S. The number of hydrogen-bond donors (Lipinski definition) is 0. The van der Waals surface area contributed by atoms with Crippen molar-refractivity contribution >= 4 is 28.6 Å². The smallest absolute Gasteiger partial charge is 0.263 e. The number of fused-ring (bicyclic) bond motifs is 1. The molecule has 4 rings (SSSR count). The number of aryl methyl sites for hydroxylation is 1. The average molecular weight is 421 g/mol. The topological polar surface area (TPSA) is 56.9 Å². The molecule has 2 aromatic heterocycles. The lowest BCUT2D eigenvalue weighted by Gasteiger charge is -2.09. The number of rotatable bonds is 5. The van der Waals surface area contributed by atoms with Crippen LogP contribution in [0.3, 0.4) is 0 Å². The molecule has 30 heavy (non-hydrogen) atoms. The zero-order chi connectivity index (χ0) is 21.4. The van der Waals surface area contributed by atoms with Crippen molar-refractivity contribution in [1.29, 1.82) is 0 Å². The van der Waals surface area contributed by atoms with E-state index >= 15 is 0 Å². The summed E-state index contributed by atoms with van der Waals surface area (Å²) in [5.74, 6) is -0.525. The zero-order valence-electron chi connectivity index (χ0n) is 16.8. The van der Waals surface area contributed by atoms with Crippen molar-refractivity contribution < 1.29 is 9.18 Å². The van der Waals surface area contributed by atoms with Crippen molar-refractivity contribution in [1.82, 2.24) is 14.1 Å². The number of aromatic nitrogens is 3. The molecule has 0 saturated heterocycles. The standard InChI is InChI=1S/C23H20FN3O2S/c1-14-12-27(21-19(14)22(29)26(2)23(25-21)30-3)13-15-4-6-16(7-5-15)20(28)17-8-10-18(24)11-9-17/h4-12H,13H2,1-3H3. The van der Waals surface area contributed by atoms with Gasteiger partial charge >= 0.3 is 0 Å². The molecule has 2 aromatic carbocycles. The van der Waals surface area contributed by atoms with Crippen molar-refractivity contribution in [3.8, 4) is 0 Å². The van der Waals surface area contributed by atoms with Crippen molar-refractivity contribution in [2.24, 2.45) is 7.05 Å². The lowest BCUT2D eigenvalue weighted by molar-refractivity contribution is 0.103. The van der Waals surface area contributed by atoms with Gasteiger partial charge in [-0.25, -0.2) is 9.37 Å². The lowest BCUT2D eigenvalue weighted by Crippen LogP contribution is -2.20.